The van der Waals surface area contributed by atoms with Gasteiger partial charge in [-0.1, -0.05) is 30.3 Å². The van der Waals surface area contributed by atoms with Crippen molar-refractivity contribution in [2.45, 2.75) is 12.8 Å². The Hall–Kier alpha value is -3.20. The molecule has 0 saturated carbocycles. The third-order valence-corrected chi connectivity index (χ3v) is 4.73. The molecule has 0 unspecified atom stereocenters. The van der Waals surface area contributed by atoms with E-state index in [0.29, 0.717) is 25.2 Å². The van der Waals surface area contributed by atoms with Gasteiger partial charge in [-0.2, -0.15) is 0 Å². The Bertz CT molecular complexity index is 880. The summed E-state index contributed by atoms with van der Waals surface area (Å²) >= 11 is 5.07. The number of hydrogen-bond donors (Lipinski definition) is 4. The lowest BCUT2D eigenvalue weighted by Gasteiger charge is -2.32. The molecule has 0 radical (unpaired) electrons. The number of rotatable bonds is 3. The molecule has 1 aliphatic rings. The second kappa shape index (κ2) is 9.83. The van der Waals surface area contributed by atoms with E-state index in [4.69, 9.17) is 12.2 Å². The topological polar surface area (TPSA) is 85.5 Å². The Morgan fingerprint density at radius 1 is 1.00 bits per heavy atom. The van der Waals surface area contributed by atoms with Crippen molar-refractivity contribution in [1.29, 1.82) is 0 Å². The van der Waals surface area contributed by atoms with Crippen LogP contribution in [0.2, 0.25) is 0 Å². The fourth-order valence-electron chi connectivity index (χ4n) is 3.04. The highest BCUT2D eigenvalue weighted by molar-refractivity contribution is 7.80. The van der Waals surface area contributed by atoms with Gasteiger partial charge in [0.15, 0.2) is 5.11 Å². The monoisotopic (exact) mass is 415 g/mol. The van der Waals surface area contributed by atoms with Gasteiger partial charge < -0.3 is 15.5 Å². The molecule has 0 aliphatic carbocycles. The highest BCUT2D eigenvalue weighted by Crippen LogP contribution is 2.18. The summed E-state index contributed by atoms with van der Waals surface area (Å²) in [6, 6.07) is 15.0. The fraction of sp³-hybridized carbons (Fsp3) is 0.250. The van der Waals surface area contributed by atoms with Gasteiger partial charge in [-0.25, -0.2) is 9.18 Å². The van der Waals surface area contributed by atoms with Gasteiger partial charge in [-0.3, -0.25) is 15.6 Å². The lowest BCUT2D eigenvalue weighted by molar-refractivity contribution is -0.126. The standard InChI is InChI=1S/C20H22FN5O2S/c21-16-10-4-5-11-17(16)23-19(29)25-24-18(27)14-7-6-12-26(13-14)20(28)22-15-8-2-1-3-9-15/h1-5,8-11,14H,6-7,12-13H2,(H,22,28)(H,24,27)(H2,23,25,29)/t14-/m1/s1. The molecule has 3 amide bonds. The van der Waals surface area contributed by atoms with E-state index < -0.39 is 5.82 Å². The molecule has 1 fully saturated rings. The normalized spacial score (nSPS) is 15.9. The van der Waals surface area contributed by atoms with E-state index in [2.05, 4.69) is 21.5 Å². The minimum absolute atomic E-state index is 0.0675. The van der Waals surface area contributed by atoms with Crippen LogP contribution >= 0.6 is 12.2 Å². The second-order valence-electron chi connectivity index (χ2n) is 6.63. The van der Waals surface area contributed by atoms with E-state index in [1.54, 1.807) is 29.2 Å². The molecule has 3 rings (SSSR count). The van der Waals surface area contributed by atoms with Crippen LogP contribution in [0.1, 0.15) is 12.8 Å². The van der Waals surface area contributed by atoms with Crippen molar-refractivity contribution in [2.75, 3.05) is 23.7 Å². The minimum atomic E-state index is -0.449. The zero-order valence-corrected chi connectivity index (χ0v) is 16.5. The second-order valence-corrected chi connectivity index (χ2v) is 7.04. The quantitative estimate of drug-likeness (QED) is 0.457. The summed E-state index contributed by atoms with van der Waals surface area (Å²) in [5.41, 5.74) is 6.01. The van der Waals surface area contributed by atoms with E-state index in [0.717, 1.165) is 6.42 Å². The number of carbonyl (C=O) groups excluding carboxylic acids is 2. The van der Waals surface area contributed by atoms with Gasteiger partial charge in [0, 0.05) is 18.8 Å². The Morgan fingerprint density at radius 3 is 2.48 bits per heavy atom. The molecule has 2 aromatic rings. The highest BCUT2D eigenvalue weighted by atomic mass is 32.1. The lowest BCUT2D eigenvalue weighted by atomic mass is 9.98. The SMILES string of the molecule is O=C(NNC(=S)Nc1ccccc1F)[C@@H]1CCCN(C(=O)Nc2ccccc2)C1. The maximum Gasteiger partial charge on any atom is 0.321 e. The first kappa shape index (κ1) is 20.5. The Balaban J connectivity index is 1.47. The molecule has 1 aliphatic heterocycles. The first-order chi connectivity index (χ1) is 14.0. The molecule has 1 saturated heterocycles. The lowest BCUT2D eigenvalue weighted by Crippen LogP contribution is -2.51. The Labute approximate surface area is 173 Å². The number of hydrogen-bond acceptors (Lipinski definition) is 3. The van der Waals surface area contributed by atoms with Gasteiger partial charge in [-0.15, -0.1) is 0 Å². The van der Waals surface area contributed by atoms with Crippen molar-refractivity contribution >= 4 is 40.6 Å². The number of urea groups is 1. The molecule has 7 nitrogen and oxygen atoms in total. The van der Waals surface area contributed by atoms with Crippen molar-refractivity contribution < 1.29 is 14.0 Å². The van der Waals surface area contributed by atoms with Gasteiger partial charge in [-0.05, 0) is 49.3 Å². The van der Waals surface area contributed by atoms with Crippen molar-refractivity contribution in [3.05, 3.63) is 60.4 Å². The van der Waals surface area contributed by atoms with Crippen LogP contribution in [0.4, 0.5) is 20.6 Å². The number of anilines is 2. The number of benzene rings is 2. The number of thiocarbonyl (C=S) groups is 1. The third-order valence-electron chi connectivity index (χ3n) is 4.53. The van der Waals surface area contributed by atoms with Crippen molar-refractivity contribution in [3.63, 3.8) is 0 Å². The summed E-state index contributed by atoms with van der Waals surface area (Å²) in [6.07, 6.45) is 1.38. The molecule has 1 atom stereocenters. The number of likely N-dealkylation sites (tertiary alicyclic amines) is 1. The molecule has 1 heterocycles. The van der Waals surface area contributed by atoms with Crippen LogP contribution in [0.3, 0.4) is 0 Å². The number of carbonyl (C=O) groups is 2. The van der Waals surface area contributed by atoms with E-state index in [-0.39, 0.29) is 28.7 Å². The van der Waals surface area contributed by atoms with Gasteiger partial charge in [0.1, 0.15) is 5.82 Å². The van der Waals surface area contributed by atoms with Crippen molar-refractivity contribution in [2.24, 2.45) is 5.92 Å². The summed E-state index contributed by atoms with van der Waals surface area (Å²) in [5, 5.41) is 5.57. The van der Waals surface area contributed by atoms with Gasteiger partial charge >= 0.3 is 6.03 Å². The number of nitrogens with one attached hydrogen (secondary N) is 4. The number of piperidine rings is 1. The predicted molar refractivity (Wildman–Crippen MR) is 114 cm³/mol. The zero-order chi connectivity index (χ0) is 20.6. The average molecular weight is 415 g/mol. The average Bonchev–Trinajstić information content (AvgIpc) is 2.74. The first-order valence-corrected chi connectivity index (χ1v) is 9.66. The Morgan fingerprint density at radius 2 is 1.72 bits per heavy atom. The van der Waals surface area contributed by atoms with Gasteiger partial charge in [0.25, 0.3) is 0 Å². The Kier molecular flexibility index (Phi) is 6.96. The predicted octanol–water partition coefficient (Wildman–Crippen LogP) is 3.09. The molecule has 0 bridgehead atoms. The highest BCUT2D eigenvalue weighted by Gasteiger charge is 2.28. The largest absolute Gasteiger partial charge is 0.329 e. The van der Waals surface area contributed by atoms with E-state index >= 15 is 0 Å². The van der Waals surface area contributed by atoms with Crippen LogP contribution in [0.5, 0.6) is 0 Å². The smallest absolute Gasteiger partial charge is 0.321 e. The maximum absolute atomic E-state index is 13.6. The fourth-order valence-corrected chi connectivity index (χ4v) is 3.20. The van der Waals surface area contributed by atoms with Crippen LogP contribution in [0, 0.1) is 11.7 Å². The summed E-state index contributed by atoms with van der Waals surface area (Å²) in [5.74, 6) is -1.09. The van der Waals surface area contributed by atoms with E-state index in [9.17, 15) is 14.0 Å². The molecular weight excluding hydrogens is 393 g/mol. The van der Waals surface area contributed by atoms with E-state index in [1.165, 1.54) is 12.1 Å². The molecule has 4 N–H and O–H groups in total. The number of nitrogens with zero attached hydrogens (tertiary/aromatic N) is 1. The van der Waals surface area contributed by atoms with Crippen molar-refractivity contribution in [3.8, 4) is 0 Å². The number of halogens is 1. The van der Waals surface area contributed by atoms with Crippen LogP contribution < -0.4 is 21.5 Å². The number of para-hydroxylation sites is 2. The summed E-state index contributed by atoms with van der Waals surface area (Å²) in [6.45, 7) is 0.892. The van der Waals surface area contributed by atoms with Crippen LogP contribution in [-0.2, 0) is 4.79 Å². The molecule has 2 aromatic carbocycles. The number of hydrazine groups is 1. The van der Waals surface area contributed by atoms with Crippen LogP contribution in [0.15, 0.2) is 54.6 Å². The van der Waals surface area contributed by atoms with Crippen LogP contribution in [-0.4, -0.2) is 35.0 Å². The first-order valence-electron chi connectivity index (χ1n) is 9.25. The summed E-state index contributed by atoms with van der Waals surface area (Å²) in [7, 11) is 0. The molecule has 0 spiro atoms. The molecule has 0 aromatic heterocycles. The summed E-state index contributed by atoms with van der Waals surface area (Å²) in [4.78, 5) is 26.5. The maximum atomic E-state index is 13.6. The van der Waals surface area contributed by atoms with Gasteiger partial charge in [0.05, 0.1) is 11.6 Å². The van der Waals surface area contributed by atoms with Crippen molar-refractivity contribution in [1.82, 2.24) is 15.8 Å². The molecule has 29 heavy (non-hydrogen) atoms. The third kappa shape index (κ3) is 5.89. The summed E-state index contributed by atoms with van der Waals surface area (Å²) < 4.78 is 13.6. The molecular formula is C20H22FN5O2S. The zero-order valence-electron chi connectivity index (χ0n) is 15.7. The van der Waals surface area contributed by atoms with Crippen LogP contribution in [0.25, 0.3) is 0 Å². The minimum Gasteiger partial charge on any atom is -0.329 e. The number of amides is 3. The molecule has 152 valence electrons. The van der Waals surface area contributed by atoms with Gasteiger partial charge in [0.2, 0.25) is 5.91 Å². The van der Waals surface area contributed by atoms with E-state index in [1.807, 2.05) is 18.2 Å². The molecule has 9 heteroatoms.